The van der Waals surface area contributed by atoms with Crippen LogP contribution in [0.5, 0.6) is 0 Å². The molecule has 78 valence electrons. The maximum absolute atomic E-state index is 4.42. The van der Waals surface area contributed by atoms with Crippen LogP contribution in [-0.4, -0.2) is 9.78 Å². The molecule has 2 rings (SSSR count). The Labute approximate surface area is 99.2 Å². The lowest BCUT2D eigenvalue weighted by molar-refractivity contribution is 0.247. The molecular formula is C11H17IN2. The van der Waals surface area contributed by atoms with Gasteiger partial charge in [0.2, 0.25) is 0 Å². The Morgan fingerprint density at radius 3 is 3.07 bits per heavy atom. The first-order chi connectivity index (χ1) is 6.79. The monoisotopic (exact) mass is 304 g/mol. The van der Waals surface area contributed by atoms with E-state index < -0.39 is 0 Å². The van der Waals surface area contributed by atoms with Gasteiger partial charge >= 0.3 is 0 Å². The van der Waals surface area contributed by atoms with Crippen LogP contribution >= 0.6 is 22.6 Å². The van der Waals surface area contributed by atoms with E-state index in [-0.39, 0.29) is 0 Å². The zero-order valence-corrected chi connectivity index (χ0v) is 10.8. The van der Waals surface area contributed by atoms with Crippen LogP contribution in [0.2, 0.25) is 0 Å². The standard InChI is InChI=1S/C11H17IN2/c1-2-9-4-3-5-11(6-9)14-8-10(12)7-13-14/h7-9,11H,2-6H2,1H3. The predicted molar refractivity (Wildman–Crippen MR) is 66.2 cm³/mol. The summed E-state index contributed by atoms with van der Waals surface area (Å²) in [5, 5.41) is 4.42. The van der Waals surface area contributed by atoms with Gasteiger partial charge in [0.1, 0.15) is 0 Å². The van der Waals surface area contributed by atoms with Gasteiger partial charge in [-0.1, -0.05) is 26.2 Å². The summed E-state index contributed by atoms with van der Waals surface area (Å²) in [6.07, 6.45) is 10.9. The molecule has 14 heavy (non-hydrogen) atoms. The van der Waals surface area contributed by atoms with Gasteiger partial charge in [-0.2, -0.15) is 5.10 Å². The quantitative estimate of drug-likeness (QED) is 0.763. The van der Waals surface area contributed by atoms with Crippen molar-refractivity contribution in [1.29, 1.82) is 0 Å². The molecule has 0 spiro atoms. The molecule has 1 aromatic heterocycles. The second-order valence-electron chi connectivity index (χ2n) is 4.23. The third-order valence-corrected chi connectivity index (χ3v) is 3.83. The lowest BCUT2D eigenvalue weighted by Crippen LogP contribution is -2.19. The smallest absolute Gasteiger partial charge is 0.0623 e. The zero-order chi connectivity index (χ0) is 9.97. The minimum absolute atomic E-state index is 0.664. The maximum atomic E-state index is 4.42. The minimum Gasteiger partial charge on any atom is -0.269 e. The van der Waals surface area contributed by atoms with Crippen molar-refractivity contribution in [1.82, 2.24) is 9.78 Å². The highest BCUT2D eigenvalue weighted by Crippen LogP contribution is 2.33. The molecule has 2 nitrogen and oxygen atoms in total. The minimum atomic E-state index is 0.664. The first-order valence-electron chi connectivity index (χ1n) is 5.49. The average molecular weight is 304 g/mol. The van der Waals surface area contributed by atoms with Crippen LogP contribution in [0.15, 0.2) is 12.4 Å². The van der Waals surface area contributed by atoms with Gasteiger partial charge in [0.25, 0.3) is 0 Å². The van der Waals surface area contributed by atoms with Crippen molar-refractivity contribution < 1.29 is 0 Å². The molecule has 1 heterocycles. The Bertz CT molecular complexity index is 295. The fraction of sp³-hybridized carbons (Fsp3) is 0.727. The summed E-state index contributed by atoms with van der Waals surface area (Å²) < 4.78 is 3.42. The van der Waals surface area contributed by atoms with Crippen LogP contribution in [0.1, 0.15) is 45.1 Å². The van der Waals surface area contributed by atoms with Gasteiger partial charge in [-0.05, 0) is 41.4 Å². The van der Waals surface area contributed by atoms with Gasteiger partial charge in [0.15, 0.2) is 0 Å². The van der Waals surface area contributed by atoms with Crippen LogP contribution in [-0.2, 0) is 0 Å². The Morgan fingerprint density at radius 2 is 2.43 bits per heavy atom. The van der Waals surface area contributed by atoms with Crippen molar-refractivity contribution in [3.8, 4) is 0 Å². The summed E-state index contributed by atoms with van der Waals surface area (Å²) in [6.45, 7) is 2.31. The second-order valence-corrected chi connectivity index (χ2v) is 5.48. The Balaban J connectivity index is 2.04. The summed E-state index contributed by atoms with van der Waals surface area (Å²) in [5.74, 6) is 0.926. The molecule has 1 aliphatic rings. The second kappa shape index (κ2) is 4.64. The number of hydrogen-bond donors (Lipinski definition) is 0. The molecule has 1 aliphatic carbocycles. The molecule has 1 aromatic rings. The fourth-order valence-corrected chi connectivity index (χ4v) is 2.80. The van der Waals surface area contributed by atoms with Crippen LogP contribution in [0, 0.1) is 9.49 Å². The SMILES string of the molecule is CCC1CCCC(n2cc(I)cn2)C1. The normalized spacial score (nSPS) is 27.9. The fourth-order valence-electron chi connectivity index (χ4n) is 2.39. The van der Waals surface area contributed by atoms with E-state index in [4.69, 9.17) is 0 Å². The van der Waals surface area contributed by atoms with Crippen LogP contribution in [0.25, 0.3) is 0 Å². The lowest BCUT2D eigenvalue weighted by atomic mass is 9.84. The molecule has 0 aliphatic heterocycles. The highest BCUT2D eigenvalue weighted by atomic mass is 127. The summed E-state index contributed by atoms with van der Waals surface area (Å²) in [7, 11) is 0. The lowest BCUT2D eigenvalue weighted by Gasteiger charge is -2.28. The van der Waals surface area contributed by atoms with Crippen molar-refractivity contribution in [2.45, 2.75) is 45.1 Å². The molecule has 0 radical (unpaired) electrons. The number of halogens is 1. The third-order valence-electron chi connectivity index (χ3n) is 3.28. The molecule has 0 amide bonds. The third kappa shape index (κ3) is 2.30. The van der Waals surface area contributed by atoms with Crippen molar-refractivity contribution in [3.63, 3.8) is 0 Å². The number of rotatable bonds is 2. The van der Waals surface area contributed by atoms with E-state index >= 15 is 0 Å². The molecule has 0 aromatic carbocycles. The Kier molecular flexibility index (Phi) is 3.47. The topological polar surface area (TPSA) is 17.8 Å². The van der Waals surface area contributed by atoms with Crippen LogP contribution < -0.4 is 0 Å². The van der Waals surface area contributed by atoms with Crippen molar-refractivity contribution >= 4 is 22.6 Å². The average Bonchev–Trinajstić information content (AvgIpc) is 2.65. The molecule has 1 fully saturated rings. The zero-order valence-electron chi connectivity index (χ0n) is 8.62. The van der Waals surface area contributed by atoms with E-state index in [0.29, 0.717) is 6.04 Å². The van der Waals surface area contributed by atoms with Gasteiger partial charge in [-0.3, -0.25) is 4.68 Å². The molecular weight excluding hydrogens is 287 g/mol. The molecule has 0 bridgehead atoms. The van der Waals surface area contributed by atoms with E-state index in [1.807, 2.05) is 6.20 Å². The molecule has 1 saturated carbocycles. The molecule has 0 saturated heterocycles. The van der Waals surface area contributed by atoms with Crippen LogP contribution in [0.4, 0.5) is 0 Å². The predicted octanol–water partition coefficient (Wildman–Crippen LogP) is 3.63. The van der Waals surface area contributed by atoms with Gasteiger partial charge in [-0.25, -0.2) is 0 Å². The van der Waals surface area contributed by atoms with E-state index in [0.717, 1.165) is 5.92 Å². The Hall–Kier alpha value is -0.0600. The first kappa shape index (κ1) is 10.5. The number of hydrogen-bond acceptors (Lipinski definition) is 1. The van der Waals surface area contributed by atoms with Crippen molar-refractivity contribution in [3.05, 3.63) is 16.0 Å². The number of aromatic nitrogens is 2. The maximum Gasteiger partial charge on any atom is 0.0623 e. The summed E-state index contributed by atoms with van der Waals surface area (Å²) in [4.78, 5) is 0. The van der Waals surface area contributed by atoms with Gasteiger partial charge in [-0.15, -0.1) is 0 Å². The van der Waals surface area contributed by atoms with E-state index in [1.165, 1.54) is 35.7 Å². The summed E-state index contributed by atoms with van der Waals surface area (Å²) >= 11 is 2.33. The van der Waals surface area contributed by atoms with E-state index in [1.54, 1.807) is 0 Å². The van der Waals surface area contributed by atoms with E-state index in [2.05, 4.69) is 45.5 Å². The van der Waals surface area contributed by atoms with Gasteiger partial charge in [0, 0.05) is 6.20 Å². The molecule has 0 N–H and O–H groups in total. The highest BCUT2D eigenvalue weighted by molar-refractivity contribution is 14.1. The van der Waals surface area contributed by atoms with Crippen molar-refractivity contribution in [2.75, 3.05) is 0 Å². The summed E-state index contributed by atoms with van der Waals surface area (Å²) in [5.41, 5.74) is 0. The van der Waals surface area contributed by atoms with E-state index in [9.17, 15) is 0 Å². The van der Waals surface area contributed by atoms with Gasteiger partial charge in [0.05, 0.1) is 15.8 Å². The highest BCUT2D eigenvalue weighted by Gasteiger charge is 2.22. The summed E-state index contributed by atoms with van der Waals surface area (Å²) in [6, 6.07) is 0.664. The molecule has 2 atom stereocenters. The number of nitrogens with zero attached hydrogens (tertiary/aromatic N) is 2. The van der Waals surface area contributed by atoms with Crippen molar-refractivity contribution in [2.24, 2.45) is 5.92 Å². The Morgan fingerprint density at radius 1 is 1.57 bits per heavy atom. The molecule has 3 heteroatoms. The van der Waals surface area contributed by atoms with Gasteiger partial charge < -0.3 is 0 Å². The largest absolute Gasteiger partial charge is 0.269 e. The van der Waals surface area contributed by atoms with Crippen LogP contribution in [0.3, 0.4) is 0 Å². The molecule has 2 unspecified atom stereocenters. The first-order valence-corrected chi connectivity index (χ1v) is 6.57.